The lowest BCUT2D eigenvalue weighted by Gasteiger charge is -2.19. The standard InChI is InChI=1S/C36H74NO7P/c1-3-5-6-7-8-9-10-11-12-13-14-15-16-17-18-19-20-21-22-23-24-25-26-27-28-29-31-41-33-35(44-36(38)4-2)34-43-45(39,40)42-32-30-37/h35H,3-34,37H2,1-2H3,(H,39,40). The van der Waals surface area contributed by atoms with Gasteiger partial charge in [-0.2, -0.15) is 0 Å². The normalized spacial score (nSPS) is 13.6. The van der Waals surface area contributed by atoms with Crippen LogP contribution in [0.1, 0.15) is 187 Å². The van der Waals surface area contributed by atoms with Crippen LogP contribution >= 0.6 is 7.82 Å². The molecule has 3 N–H and O–H groups in total. The third-order valence-electron chi connectivity index (χ3n) is 8.33. The van der Waals surface area contributed by atoms with Gasteiger partial charge < -0.3 is 20.1 Å². The van der Waals surface area contributed by atoms with Crippen LogP contribution in [0.25, 0.3) is 0 Å². The summed E-state index contributed by atoms with van der Waals surface area (Å²) in [6.45, 7) is 4.38. The van der Waals surface area contributed by atoms with E-state index >= 15 is 0 Å². The molecule has 0 aliphatic carbocycles. The fourth-order valence-corrected chi connectivity index (χ4v) is 6.27. The second-order valence-corrected chi connectivity index (χ2v) is 14.2. The largest absolute Gasteiger partial charge is 0.472 e. The molecule has 0 fully saturated rings. The monoisotopic (exact) mass is 664 g/mol. The zero-order valence-corrected chi connectivity index (χ0v) is 30.5. The molecule has 270 valence electrons. The first-order valence-corrected chi connectivity index (χ1v) is 20.5. The first-order chi connectivity index (χ1) is 21.9. The van der Waals surface area contributed by atoms with Gasteiger partial charge in [-0.1, -0.05) is 174 Å². The molecule has 0 aromatic heterocycles. The second kappa shape index (κ2) is 34.8. The SMILES string of the molecule is CCCCCCCCCCCCCCCCCCCCCCCCCCCCOCC(COP(=O)(O)OCCN)OC(=O)CC. The Morgan fingerprint density at radius 2 is 0.956 bits per heavy atom. The summed E-state index contributed by atoms with van der Waals surface area (Å²) in [6, 6.07) is 0. The van der Waals surface area contributed by atoms with Crippen LogP contribution < -0.4 is 5.73 Å². The first-order valence-electron chi connectivity index (χ1n) is 19.0. The van der Waals surface area contributed by atoms with Crippen molar-refractivity contribution in [3.8, 4) is 0 Å². The maximum absolute atomic E-state index is 11.8. The number of rotatable bonds is 37. The highest BCUT2D eigenvalue weighted by Gasteiger charge is 2.24. The van der Waals surface area contributed by atoms with Gasteiger partial charge in [0.25, 0.3) is 0 Å². The zero-order chi connectivity index (χ0) is 33.1. The zero-order valence-electron chi connectivity index (χ0n) is 29.6. The molecule has 0 radical (unpaired) electrons. The Balaban J connectivity index is 3.44. The van der Waals surface area contributed by atoms with Gasteiger partial charge in [0.1, 0.15) is 6.10 Å². The van der Waals surface area contributed by atoms with Crippen molar-refractivity contribution in [2.45, 2.75) is 193 Å². The highest BCUT2D eigenvalue weighted by molar-refractivity contribution is 7.47. The summed E-state index contributed by atoms with van der Waals surface area (Å²) in [6.07, 6.45) is 35.1. The van der Waals surface area contributed by atoms with Crippen LogP contribution in [0, 0.1) is 0 Å². The van der Waals surface area contributed by atoms with Crippen LogP contribution in [0.4, 0.5) is 0 Å². The van der Waals surface area contributed by atoms with Crippen molar-refractivity contribution in [3.63, 3.8) is 0 Å². The predicted octanol–water partition coefficient (Wildman–Crippen LogP) is 10.6. The summed E-state index contributed by atoms with van der Waals surface area (Å²) >= 11 is 0. The molecule has 45 heavy (non-hydrogen) atoms. The molecule has 9 heteroatoms. The summed E-state index contributed by atoms with van der Waals surface area (Å²) in [5, 5.41) is 0. The molecule has 0 bridgehead atoms. The van der Waals surface area contributed by atoms with Gasteiger partial charge in [-0.05, 0) is 6.42 Å². The maximum Gasteiger partial charge on any atom is 0.472 e. The molecule has 0 heterocycles. The van der Waals surface area contributed by atoms with Gasteiger partial charge in [-0.3, -0.25) is 13.8 Å². The van der Waals surface area contributed by atoms with E-state index in [0.717, 1.165) is 12.8 Å². The molecule has 0 aliphatic heterocycles. The molecule has 0 saturated carbocycles. The lowest BCUT2D eigenvalue weighted by molar-refractivity contribution is -0.154. The molecule has 0 saturated heterocycles. The van der Waals surface area contributed by atoms with Crippen LogP contribution in [-0.4, -0.2) is 49.9 Å². The van der Waals surface area contributed by atoms with E-state index < -0.39 is 19.9 Å². The predicted molar refractivity (Wildman–Crippen MR) is 187 cm³/mol. The third-order valence-corrected chi connectivity index (χ3v) is 9.31. The van der Waals surface area contributed by atoms with Crippen molar-refractivity contribution in [2.75, 3.05) is 33.0 Å². The number of unbranched alkanes of at least 4 members (excludes halogenated alkanes) is 25. The number of hydrogen-bond acceptors (Lipinski definition) is 7. The average Bonchev–Trinajstić information content (AvgIpc) is 3.03. The van der Waals surface area contributed by atoms with Gasteiger partial charge in [0.2, 0.25) is 0 Å². The molecule has 0 rings (SSSR count). The summed E-state index contributed by atoms with van der Waals surface area (Å²) in [5.41, 5.74) is 5.28. The van der Waals surface area contributed by atoms with Crippen molar-refractivity contribution in [3.05, 3.63) is 0 Å². The van der Waals surface area contributed by atoms with Crippen LogP contribution in [-0.2, 0) is 27.9 Å². The van der Waals surface area contributed by atoms with Crippen LogP contribution in [0.5, 0.6) is 0 Å². The van der Waals surface area contributed by atoms with E-state index in [0.29, 0.717) is 6.61 Å². The van der Waals surface area contributed by atoms with Crippen molar-refractivity contribution in [1.82, 2.24) is 0 Å². The van der Waals surface area contributed by atoms with Crippen LogP contribution in [0.15, 0.2) is 0 Å². The third kappa shape index (κ3) is 34.6. The number of esters is 1. The number of carbonyl (C=O) groups is 1. The maximum atomic E-state index is 11.8. The van der Waals surface area contributed by atoms with Gasteiger partial charge in [0, 0.05) is 19.6 Å². The van der Waals surface area contributed by atoms with Crippen LogP contribution in [0.3, 0.4) is 0 Å². The molecular weight excluding hydrogens is 589 g/mol. The quantitative estimate of drug-likeness (QED) is 0.0383. The Hall–Kier alpha value is -0.500. The highest BCUT2D eigenvalue weighted by atomic mass is 31.2. The Kier molecular flexibility index (Phi) is 34.4. The second-order valence-electron chi connectivity index (χ2n) is 12.8. The van der Waals surface area contributed by atoms with Crippen molar-refractivity contribution in [1.29, 1.82) is 0 Å². The Morgan fingerprint density at radius 3 is 1.31 bits per heavy atom. The van der Waals surface area contributed by atoms with Crippen LogP contribution in [0.2, 0.25) is 0 Å². The van der Waals surface area contributed by atoms with Gasteiger partial charge in [0.05, 0.1) is 19.8 Å². The molecule has 0 aromatic rings. The van der Waals surface area contributed by atoms with Gasteiger partial charge in [-0.25, -0.2) is 4.57 Å². The Bertz CT molecular complexity index is 667. The number of phosphoric ester groups is 1. The molecule has 8 nitrogen and oxygen atoms in total. The minimum Gasteiger partial charge on any atom is -0.457 e. The minimum absolute atomic E-state index is 0.0939. The summed E-state index contributed by atoms with van der Waals surface area (Å²) < 4.78 is 32.4. The Labute approximate surface area is 278 Å². The Morgan fingerprint density at radius 1 is 0.578 bits per heavy atom. The molecule has 2 atom stereocenters. The molecule has 0 aliphatic rings. The number of phosphoric acid groups is 1. The average molecular weight is 664 g/mol. The smallest absolute Gasteiger partial charge is 0.457 e. The highest BCUT2D eigenvalue weighted by Crippen LogP contribution is 2.43. The van der Waals surface area contributed by atoms with E-state index in [1.165, 1.54) is 154 Å². The van der Waals surface area contributed by atoms with E-state index in [-0.39, 0.29) is 32.8 Å². The van der Waals surface area contributed by atoms with Crippen molar-refractivity contribution in [2.24, 2.45) is 5.73 Å². The minimum atomic E-state index is -4.23. The summed E-state index contributed by atoms with van der Waals surface area (Å²) in [5.74, 6) is -0.414. The fraction of sp³-hybridized carbons (Fsp3) is 0.972. The fourth-order valence-electron chi connectivity index (χ4n) is 5.50. The lowest BCUT2D eigenvalue weighted by atomic mass is 10.0. The molecule has 2 unspecified atom stereocenters. The van der Waals surface area contributed by atoms with Gasteiger partial charge in [-0.15, -0.1) is 0 Å². The molecule has 0 spiro atoms. The van der Waals surface area contributed by atoms with Crippen molar-refractivity contribution < 1.29 is 32.8 Å². The van der Waals surface area contributed by atoms with E-state index in [4.69, 9.17) is 24.3 Å². The summed E-state index contributed by atoms with van der Waals surface area (Å²) in [7, 11) is -4.23. The number of hydrogen-bond donors (Lipinski definition) is 2. The van der Waals surface area contributed by atoms with E-state index in [2.05, 4.69) is 6.92 Å². The number of ether oxygens (including phenoxy) is 2. The number of carbonyl (C=O) groups excluding carboxylic acids is 1. The molecular formula is C36H74NO7P. The number of nitrogens with two attached hydrogens (primary N) is 1. The van der Waals surface area contributed by atoms with Gasteiger partial charge in [0.15, 0.2) is 0 Å². The topological polar surface area (TPSA) is 117 Å². The van der Waals surface area contributed by atoms with Gasteiger partial charge >= 0.3 is 13.8 Å². The van der Waals surface area contributed by atoms with E-state index in [9.17, 15) is 14.3 Å². The first kappa shape index (κ1) is 44.5. The molecule has 0 amide bonds. The summed E-state index contributed by atoms with van der Waals surface area (Å²) in [4.78, 5) is 21.3. The lowest BCUT2D eigenvalue weighted by Crippen LogP contribution is -2.28. The van der Waals surface area contributed by atoms with E-state index in [1.807, 2.05) is 0 Å². The molecule has 0 aromatic carbocycles. The van der Waals surface area contributed by atoms with E-state index in [1.54, 1.807) is 6.92 Å². The van der Waals surface area contributed by atoms with Crippen molar-refractivity contribution >= 4 is 13.8 Å².